The number of nitrogens with one attached hydrogen (secondary N) is 1. The zero-order valence-electron chi connectivity index (χ0n) is 11.1. The second kappa shape index (κ2) is 6.23. The van der Waals surface area contributed by atoms with Crippen LogP contribution in [0.2, 0.25) is 5.28 Å². The minimum atomic E-state index is -0.193. The van der Waals surface area contributed by atoms with Crippen molar-refractivity contribution in [2.75, 3.05) is 5.73 Å². The van der Waals surface area contributed by atoms with Crippen LogP contribution in [0.25, 0.3) is 0 Å². The summed E-state index contributed by atoms with van der Waals surface area (Å²) in [6.07, 6.45) is 1.66. The van der Waals surface area contributed by atoms with E-state index in [1.165, 1.54) is 17.8 Å². The SMILES string of the molecule is CCCc1cc(=O)[nH]c(Sc2nc(Cl)nc(C)c2N)n1. The number of hydrogen-bond acceptors (Lipinski definition) is 6. The molecule has 106 valence electrons. The molecule has 0 saturated carbocycles. The average Bonchev–Trinajstić information content (AvgIpc) is 2.35. The molecule has 8 heteroatoms. The van der Waals surface area contributed by atoms with Gasteiger partial charge in [0.25, 0.3) is 5.56 Å². The zero-order chi connectivity index (χ0) is 14.7. The highest BCUT2D eigenvalue weighted by atomic mass is 35.5. The number of anilines is 1. The van der Waals surface area contributed by atoms with E-state index in [4.69, 9.17) is 17.3 Å². The number of aromatic amines is 1. The molecule has 0 atom stereocenters. The minimum Gasteiger partial charge on any atom is -0.395 e. The molecule has 0 aromatic carbocycles. The van der Waals surface area contributed by atoms with E-state index in [0.717, 1.165) is 18.5 Å². The van der Waals surface area contributed by atoms with Crippen molar-refractivity contribution in [3.05, 3.63) is 33.1 Å². The van der Waals surface area contributed by atoms with E-state index in [9.17, 15) is 4.79 Å². The van der Waals surface area contributed by atoms with E-state index in [0.29, 0.717) is 21.6 Å². The molecule has 0 bridgehead atoms. The van der Waals surface area contributed by atoms with E-state index in [1.54, 1.807) is 6.92 Å². The van der Waals surface area contributed by atoms with Crippen LogP contribution in [0.15, 0.2) is 21.0 Å². The molecule has 3 N–H and O–H groups in total. The van der Waals surface area contributed by atoms with Crippen LogP contribution >= 0.6 is 23.4 Å². The van der Waals surface area contributed by atoms with E-state index >= 15 is 0 Å². The smallest absolute Gasteiger partial charge is 0.251 e. The highest BCUT2D eigenvalue weighted by Crippen LogP contribution is 2.29. The van der Waals surface area contributed by atoms with Crippen molar-refractivity contribution in [3.63, 3.8) is 0 Å². The van der Waals surface area contributed by atoms with Crippen LogP contribution in [-0.4, -0.2) is 19.9 Å². The van der Waals surface area contributed by atoms with Gasteiger partial charge in [0.05, 0.1) is 11.4 Å². The predicted molar refractivity (Wildman–Crippen MR) is 79.2 cm³/mol. The van der Waals surface area contributed by atoms with Crippen molar-refractivity contribution in [2.24, 2.45) is 0 Å². The normalized spacial score (nSPS) is 10.8. The molecule has 0 unspecified atom stereocenters. The number of aryl methyl sites for hydroxylation is 2. The Labute approximate surface area is 125 Å². The van der Waals surface area contributed by atoms with Crippen molar-refractivity contribution >= 4 is 29.1 Å². The molecule has 0 aliphatic rings. The lowest BCUT2D eigenvalue weighted by molar-refractivity contribution is 0.814. The number of hydrogen-bond donors (Lipinski definition) is 2. The van der Waals surface area contributed by atoms with Crippen LogP contribution in [0.1, 0.15) is 24.7 Å². The topological polar surface area (TPSA) is 97.5 Å². The van der Waals surface area contributed by atoms with Gasteiger partial charge in [0, 0.05) is 11.8 Å². The zero-order valence-corrected chi connectivity index (χ0v) is 12.7. The number of H-pyrrole nitrogens is 1. The Kier molecular flexibility index (Phi) is 4.61. The second-order valence-electron chi connectivity index (χ2n) is 4.19. The first-order valence-electron chi connectivity index (χ1n) is 6.07. The van der Waals surface area contributed by atoms with Crippen LogP contribution < -0.4 is 11.3 Å². The first-order valence-corrected chi connectivity index (χ1v) is 7.26. The van der Waals surface area contributed by atoms with E-state index in [-0.39, 0.29) is 10.8 Å². The number of halogens is 1. The monoisotopic (exact) mass is 311 g/mol. The van der Waals surface area contributed by atoms with Crippen molar-refractivity contribution in [1.29, 1.82) is 0 Å². The van der Waals surface area contributed by atoms with Gasteiger partial charge >= 0.3 is 0 Å². The summed E-state index contributed by atoms with van der Waals surface area (Å²) in [6, 6.07) is 1.50. The Morgan fingerprint density at radius 3 is 2.85 bits per heavy atom. The van der Waals surface area contributed by atoms with E-state index in [1.807, 2.05) is 6.92 Å². The quantitative estimate of drug-likeness (QED) is 0.663. The Morgan fingerprint density at radius 1 is 1.40 bits per heavy atom. The third kappa shape index (κ3) is 3.49. The molecule has 2 aromatic heterocycles. The number of nitrogens with two attached hydrogens (primary N) is 1. The fourth-order valence-electron chi connectivity index (χ4n) is 1.61. The molecular weight excluding hydrogens is 298 g/mol. The van der Waals surface area contributed by atoms with Crippen LogP contribution in [0.4, 0.5) is 5.69 Å². The molecule has 0 amide bonds. The van der Waals surface area contributed by atoms with Crippen molar-refractivity contribution < 1.29 is 0 Å². The summed E-state index contributed by atoms with van der Waals surface area (Å²) in [5.41, 5.74) is 7.49. The first-order chi connectivity index (χ1) is 9.49. The van der Waals surface area contributed by atoms with Gasteiger partial charge in [0.2, 0.25) is 5.28 Å². The number of rotatable bonds is 4. The highest BCUT2D eigenvalue weighted by Gasteiger charge is 2.11. The van der Waals surface area contributed by atoms with Gasteiger partial charge in [0.1, 0.15) is 5.03 Å². The molecule has 0 radical (unpaired) electrons. The Hall–Kier alpha value is -1.60. The fraction of sp³-hybridized carbons (Fsp3) is 0.333. The van der Waals surface area contributed by atoms with Crippen LogP contribution in [-0.2, 0) is 6.42 Å². The molecule has 20 heavy (non-hydrogen) atoms. The lowest BCUT2D eigenvalue weighted by Crippen LogP contribution is -2.10. The van der Waals surface area contributed by atoms with Gasteiger partial charge in [-0.2, -0.15) is 0 Å². The summed E-state index contributed by atoms with van der Waals surface area (Å²) in [6.45, 7) is 3.78. The van der Waals surface area contributed by atoms with Gasteiger partial charge in [-0.3, -0.25) is 4.79 Å². The largest absolute Gasteiger partial charge is 0.395 e. The lowest BCUT2D eigenvalue weighted by atomic mass is 10.2. The summed E-state index contributed by atoms with van der Waals surface area (Å²) >= 11 is 6.99. The average molecular weight is 312 g/mol. The highest BCUT2D eigenvalue weighted by molar-refractivity contribution is 7.99. The van der Waals surface area contributed by atoms with E-state index < -0.39 is 0 Å². The molecule has 0 aliphatic heterocycles. The molecule has 2 aromatic rings. The maximum Gasteiger partial charge on any atom is 0.251 e. The molecule has 0 spiro atoms. The molecular formula is C12H14ClN5OS. The van der Waals surface area contributed by atoms with Gasteiger partial charge in [-0.25, -0.2) is 15.0 Å². The fourth-order valence-corrected chi connectivity index (χ4v) is 2.76. The predicted octanol–water partition coefficient (Wildman–Crippen LogP) is 2.21. The van der Waals surface area contributed by atoms with Gasteiger partial charge in [-0.05, 0) is 36.7 Å². The maximum atomic E-state index is 11.6. The molecule has 6 nitrogen and oxygen atoms in total. The Balaban J connectivity index is 2.37. The van der Waals surface area contributed by atoms with Gasteiger partial charge in [-0.1, -0.05) is 13.3 Å². The van der Waals surface area contributed by atoms with Gasteiger partial charge < -0.3 is 10.7 Å². The van der Waals surface area contributed by atoms with Crippen LogP contribution in [0, 0.1) is 6.92 Å². The van der Waals surface area contributed by atoms with Gasteiger partial charge in [-0.15, -0.1) is 0 Å². The summed E-state index contributed by atoms with van der Waals surface area (Å²) in [5.74, 6) is 0. The molecule has 0 aliphatic carbocycles. The van der Waals surface area contributed by atoms with Crippen LogP contribution in [0.3, 0.4) is 0 Å². The summed E-state index contributed by atoms with van der Waals surface area (Å²) < 4.78 is 0. The van der Waals surface area contributed by atoms with Crippen molar-refractivity contribution in [3.8, 4) is 0 Å². The molecule has 2 rings (SSSR count). The number of aromatic nitrogens is 4. The Bertz CT molecular complexity index is 688. The van der Waals surface area contributed by atoms with Gasteiger partial charge in [0.15, 0.2) is 5.16 Å². The summed E-state index contributed by atoms with van der Waals surface area (Å²) in [7, 11) is 0. The third-order valence-electron chi connectivity index (χ3n) is 2.55. The molecule has 2 heterocycles. The summed E-state index contributed by atoms with van der Waals surface area (Å²) in [4.78, 5) is 26.6. The second-order valence-corrected chi connectivity index (χ2v) is 5.51. The van der Waals surface area contributed by atoms with E-state index in [2.05, 4.69) is 19.9 Å². The maximum absolute atomic E-state index is 11.6. The molecule has 0 fully saturated rings. The third-order valence-corrected chi connectivity index (χ3v) is 3.61. The summed E-state index contributed by atoms with van der Waals surface area (Å²) in [5, 5.41) is 1.05. The van der Waals surface area contributed by atoms with Crippen molar-refractivity contribution in [2.45, 2.75) is 36.9 Å². The first kappa shape index (κ1) is 14.8. The number of nitrogens with zero attached hydrogens (tertiary/aromatic N) is 3. The van der Waals surface area contributed by atoms with Crippen molar-refractivity contribution in [1.82, 2.24) is 19.9 Å². The number of nitrogen functional groups attached to an aromatic ring is 1. The lowest BCUT2D eigenvalue weighted by Gasteiger charge is -2.07. The van der Waals surface area contributed by atoms with Crippen LogP contribution in [0.5, 0.6) is 0 Å². The standard InChI is InChI=1S/C12H14ClN5OS/c1-3-4-7-5-8(19)17-12(16-7)20-10-9(14)6(2)15-11(13)18-10/h5H,3-4,14H2,1-2H3,(H,16,17,19). The minimum absolute atomic E-state index is 0.117. The Morgan fingerprint density at radius 2 is 2.15 bits per heavy atom. The molecule has 0 saturated heterocycles.